The topological polar surface area (TPSA) is 60.2 Å². The van der Waals surface area contributed by atoms with Gasteiger partial charge in [-0.25, -0.2) is 8.42 Å². The second-order valence-corrected chi connectivity index (χ2v) is 5.84. The summed E-state index contributed by atoms with van der Waals surface area (Å²) in [6.45, 7) is 1.86. The predicted molar refractivity (Wildman–Crippen MR) is 67.5 cm³/mol. The second kappa shape index (κ2) is 4.22. The molecule has 0 unspecified atom stereocenters. The Hall–Kier alpha value is -1.81. The quantitative estimate of drug-likeness (QED) is 0.829. The first-order valence-electron chi connectivity index (χ1n) is 5.17. The van der Waals surface area contributed by atoms with Crippen molar-refractivity contribution in [3.63, 3.8) is 0 Å². The van der Waals surface area contributed by atoms with E-state index in [0.29, 0.717) is 10.6 Å². The molecule has 2 N–H and O–H groups in total. The van der Waals surface area contributed by atoms with Crippen LogP contribution in [-0.2, 0) is 9.84 Å². The molecule has 88 valence electrons. The molecule has 2 aromatic rings. The summed E-state index contributed by atoms with van der Waals surface area (Å²) in [5.41, 5.74) is 6.95. The Labute approximate surface area is 101 Å². The van der Waals surface area contributed by atoms with E-state index < -0.39 is 9.84 Å². The first-order valence-corrected chi connectivity index (χ1v) is 6.66. The Morgan fingerprint density at radius 3 is 2.12 bits per heavy atom. The van der Waals surface area contributed by atoms with Crippen molar-refractivity contribution >= 4 is 15.5 Å². The average molecular weight is 247 g/mol. The second-order valence-electron chi connectivity index (χ2n) is 3.89. The number of hydrogen-bond donors (Lipinski definition) is 1. The van der Waals surface area contributed by atoms with Gasteiger partial charge >= 0.3 is 0 Å². The molecular weight excluding hydrogens is 234 g/mol. The minimum absolute atomic E-state index is 0.225. The van der Waals surface area contributed by atoms with Crippen molar-refractivity contribution in [3.8, 4) is 0 Å². The third kappa shape index (κ3) is 2.31. The minimum atomic E-state index is -3.46. The van der Waals surface area contributed by atoms with Crippen molar-refractivity contribution in [1.82, 2.24) is 0 Å². The van der Waals surface area contributed by atoms with E-state index in [1.807, 2.05) is 13.0 Å². The summed E-state index contributed by atoms with van der Waals surface area (Å²) in [4.78, 5) is 0.520. The maximum absolute atomic E-state index is 12.3. The van der Waals surface area contributed by atoms with Crippen molar-refractivity contribution in [1.29, 1.82) is 0 Å². The molecule has 0 saturated heterocycles. The largest absolute Gasteiger partial charge is 0.399 e. The lowest BCUT2D eigenvalue weighted by molar-refractivity contribution is 0.596. The van der Waals surface area contributed by atoms with Crippen molar-refractivity contribution in [3.05, 3.63) is 54.1 Å². The molecule has 3 nitrogen and oxygen atoms in total. The SMILES string of the molecule is Cc1cccc(S(=O)(=O)c2cccc(N)c2)c1. The van der Waals surface area contributed by atoms with Gasteiger partial charge in [0, 0.05) is 5.69 Å². The molecule has 0 fully saturated rings. The minimum Gasteiger partial charge on any atom is -0.399 e. The normalized spacial score (nSPS) is 11.4. The van der Waals surface area contributed by atoms with Gasteiger partial charge in [0.25, 0.3) is 0 Å². The van der Waals surface area contributed by atoms with Gasteiger partial charge in [0.15, 0.2) is 0 Å². The van der Waals surface area contributed by atoms with E-state index in [-0.39, 0.29) is 4.90 Å². The van der Waals surface area contributed by atoms with Gasteiger partial charge in [-0.3, -0.25) is 0 Å². The Bertz CT molecular complexity index is 596. The van der Waals surface area contributed by atoms with Gasteiger partial charge in [-0.2, -0.15) is 0 Å². The summed E-state index contributed by atoms with van der Waals surface area (Å²) in [7, 11) is -3.46. The van der Waals surface area contributed by atoms with E-state index in [2.05, 4.69) is 0 Å². The number of sulfone groups is 1. The average Bonchev–Trinajstić information content (AvgIpc) is 2.29. The first-order chi connectivity index (χ1) is 8.00. The van der Waals surface area contributed by atoms with Crippen molar-refractivity contribution in [2.75, 3.05) is 5.73 Å². The molecule has 0 heterocycles. The van der Waals surface area contributed by atoms with Gasteiger partial charge in [0.05, 0.1) is 9.79 Å². The summed E-state index contributed by atoms with van der Waals surface area (Å²) >= 11 is 0. The molecule has 0 aliphatic carbocycles. The Kier molecular flexibility index (Phi) is 2.90. The zero-order valence-electron chi connectivity index (χ0n) is 9.42. The molecular formula is C13H13NO2S. The fourth-order valence-electron chi connectivity index (χ4n) is 1.60. The van der Waals surface area contributed by atoms with Crippen molar-refractivity contribution in [2.24, 2.45) is 0 Å². The maximum atomic E-state index is 12.3. The lowest BCUT2D eigenvalue weighted by atomic mass is 10.2. The Balaban J connectivity index is 2.58. The third-order valence-electron chi connectivity index (χ3n) is 2.47. The highest BCUT2D eigenvalue weighted by Crippen LogP contribution is 2.22. The summed E-state index contributed by atoms with van der Waals surface area (Å²) in [6.07, 6.45) is 0. The van der Waals surface area contributed by atoms with Crippen LogP contribution in [0, 0.1) is 6.92 Å². The first kappa shape index (κ1) is 11.7. The van der Waals surface area contributed by atoms with Crippen LogP contribution in [-0.4, -0.2) is 8.42 Å². The maximum Gasteiger partial charge on any atom is 0.206 e. The molecule has 0 aliphatic heterocycles. The Morgan fingerprint density at radius 2 is 1.53 bits per heavy atom. The molecule has 0 spiro atoms. The van der Waals surface area contributed by atoms with E-state index in [4.69, 9.17) is 5.73 Å². The fraction of sp³-hybridized carbons (Fsp3) is 0.0769. The standard InChI is InChI=1S/C13H13NO2S/c1-10-4-2-6-12(8-10)17(15,16)13-7-3-5-11(14)9-13/h2-9H,14H2,1H3. The van der Waals surface area contributed by atoms with Crippen LogP contribution in [0.5, 0.6) is 0 Å². The van der Waals surface area contributed by atoms with Crippen LogP contribution in [0.4, 0.5) is 5.69 Å². The lowest BCUT2D eigenvalue weighted by Gasteiger charge is -2.06. The molecule has 0 aromatic heterocycles. The van der Waals surface area contributed by atoms with Crippen LogP contribution in [0.25, 0.3) is 0 Å². The van der Waals surface area contributed by atoms with E-state index in [1.165, 1.54) is 6.07 Å². The van der Waals surface area contributed by atoms with Crippen LogP contribution >= 0.6 is 0 Å². The van der Waals surface area contributed by atoms with Crippen molar-refractivity contribution in [2.45, 2.75) is 16.7 Å². The summed E-state index contributed by atoms with van der Waals surface area (Å²) in [5, 5.41) is 0. The summed E-state index contributed by atoms with van der Waals surface area (Å²) in [5.74, 6) is 0. The van der Waals surface area contributed by atoms with Gasteiger partial charge < -0.3 is 5.73 Å². The van der Waals surface area contributed by atoms with Crippen LogP contribution in [0.15, 0.2) is 58.3 Å². The monoisotopic (exact) mass is 247 g/mol. The smallest absolute Gasteiger partial charge is 0.206 e. The van der Waals surface area contributed by atoms with E-state index >= 15 is 0 Å². The predicted octanol–water partition coefficient (Wildman–Crippen LogP) is 2.41. The van der Waals surface area contributed by atoms with E-state index in [1.54, 1.807) is 36.4 Å². The highest BCUT2D eigenvalue weighted by atomic mass is 32.2. The summed E-state index contributed by atoms with van der Waals surface area (Å²) < 4.78 is 24.6. The van der Waals surface area contributed by atoms with Crippen LogP contribution in [0.2, 0.25) is 0 Å². The molecule has 4 heteroatoms. The van der Waals surface area contributed by atoms with Crippen LogP contribution in [0.3, 0.4) is 0 Å². The number of benzene rings is 2. The molecule has 0 bridgehead atoms. The lowest BCUT2D eigenvalue weighted by Crippen LogP contribution is -2.02. The number of anilines is 1. The number of nitrogen functional groups attached to an aromatic ring is 1. The third-order valence-corrected chi connectivity index (χ3v) is 4.22. The van der Waals surface area contributed by atoms with Gasteiger partial charge in [0.2, 0.25) is 9.84 Å². The number of nitrogens with two attached hydrogens (primary N) is 1. The number of aryl methyl sites for hydroxylation is 1. The van der Waals surface area contributed by atoms with Crippen LogP contribution < -0.4 is 5.73 Å². The zero-order valence-corrected chi connectivity index (χ0v) is 10.2. The molecule has 0 saturated carbocycles. The van der Waals surface area contributed by atoms with Gasteiger partial charge in [-0.05, 0) is 42.8 Å². The fourth-order valence-corrected chi connectivity index (χ4v) is 3.02. The molecule has 2 rings (SSSR count). The highest BCUT2D eigenvalue weighted by molar-refractivity contribution is 7.91. The van der Waals surface area contributed by atoms with Gasteiger partial charge in [0.1, 0.15) is 0 Å². The molecule has 0 aliphatic rings. The van der Waals surface area contributed by atoms with Crippen LogP contribution in [0.1, 0.15) is 5.56 Å². The Morgan fingerprint density at radius 1 is 0.941 bits per heavy atom. The summed E-state index contributed by atoms with van der Waals surface area (Å²) in [6, 6.07) is 13.1. The number of rotatable bonds is 2. The molecule has 17 heavy (non-hydrogen) atoms. The van der Waals surface area contributed by atoms with E-state index in [9.17, 15) is 8.42 Å². The molecule has 2 aromatic carbocycles. The van der Waals surface area contributed by atoms with E-state index in [0.717, 1.165) is 5.56 Å². The van der Waals surface area contributed by atoms with Gasteiger partial charge in [-0.15, -0.1) is 0 Å². The van der Waals surface area contributed by atoms with Crippen molar-refractivity contribution < 1.29 is 8.42 Å². The number of hydrogen-bond acceptors (Lipinski definition) is 3. The zero-order chi connectivity index (χ0) is 12.5. The molecule has 0 radical (unpaired) electrons. The van der Waals surface area contributed by atoms with Gasteiger partial charge in [-0.1, -0.05) is 18.2 Å². The molecule has 0 atom stereocenters. The molecule has 0 amide bonds. The highest BCUT2D eigenvalue weighted by Gasteiger charge is 2.17.